The first-order valence-electron chi connectivity index (χ1n) is 7.66. The lowest BCUT2D eigenvalue weighted by Gasteiger charge is -2.38. The summed E-state index contributed by atoms with van der Waals surface area (Å²) in [7, 11) is 0. The Hall–Kier alpha value is -1.06. The molecule has 0 spiro atoms. The van der Waals surface area contributed by atoms with Crippen molar-refractivity contribution in [1.82, 2.24) is 4.90 Å². The number of amides is 1. The summed E-state index contributed by atoms with van der Waals surface area (Å²) in [6.45, 7) is 14.6. The van der Waals surface area contributed by atoms with Crippen molar-refractivity contribution in [2.45, 2.75) is 54.4 Å². The van der Waals surface area contributed by atoms with Gasteiger partial charge in [-0.2, -0.15) is 0 Å². The highest BCUT2D eigenvalue weighted by molar-refractivity contribution is 5.83. The Kier molecular flexibility index (Phi) is 6.03. The zero-order valence-corrected chi connectivity index (χ0v) is 13.9. The van der Waals surface area contributed by atoms with Gasteiger partial charge in [0.25, 0.3) is 5.91 Å². The van der Waals surface area contributed by atoms with Crippen LogP contribution in [0.4, 0.5) is 0 Å². The highest BCUT2D eigenvalue weighted by atomic mass is 16.6. The van der Waals surface area contributed by atoms with Crippen molar-refractivity contribution in [2.24, 2.45) is 22.4 Å². The van der Waals surface area contributed by atoms with Crippen LogP contribution < -0.4 is 0 Å². The van der Waals surface area contributed by atoms with Crippen LogP contribution in [0.3, 0.4) is 0 Å². The van der Waals surface area contributed by atoms with E-state index in [-0.39, 0.29) is 12.5 Å². The van der Waals surface area contributed by atoms with Gasteiger partial charge in [-0.3, -0.25) is 4.79 Å². The van der Waals surface area contributed by atoms with E-state index in [4.69, 9.17) is 4.84 Å². The maximum Gasteiger partial charge on any atom is 0.263 e. The first-order valence-corrected chi connectivity index (χ1v) is 7.66. The van der Waals surface area contributed by atoms with Crippen molar-refractivity contribution in [3.63, 3.8) is 0 Å². The lowest BCUT2D eigenvalue weighted by Crippen LogP contribution is -2.42. The third-order valence-corrected chi connectivity index (χ3v) is 4.30. The Labute approximate surface area is 123 Å². The molecule has 0 N–H and O–H groups in total. The Bertz CT molecular complexity index is 348. The SMILES string of the molecule is C/C(=N\OCC(=O)N1CCC(C(C)(C)C)CC1)C(C)C. The summed E-state index contributed by atoms with van der Waals surface area (Å²) >= 11 is 0. The van der Waals surface area contributed by atoms with E-state index in [1.54, 1.807) is 0 Å². The quantitative estimate of drug-likeness (QED) is 0.586. The average Bonchev–Trinajstić information content (AvgIpc) is 2.37. The Morgan fingerprint density at radius 1 is 1.30 bits per heavy atom. The minimum atomic E-state index is 0.0534. The topological polar surface area (TPSA) is 41.9 Å². The van der Waals surface area contributed by atoms with Crippen molar-refractivity contribution in [2.75, 3.05) is 19.7 Å². The number of likely N-dealkylation sites (tertiary alicyclic amines) is 1. The molecule has 1 saturated heterocycles. The zero-order valence-electron chi connectivity index (χ0n) is 13.9. The van der Waals surface area contributed by atoms with Gasteiger partial charge in [-0.1, -0.05) is 39.8 Å². The third kappa shape index (κ3) is 5.14. The Morgan fingerprint density at radius 2 is 1.85 bits per heavy atom. The number of piperidine rings is 1. The monoisotopic (exact) mass is 282 g/mol. The minimum Gasteiger partial charge on any atom is -0.386 e. The summed E-state index contributed by atoms with van der Waals surface area (Å²) in [5.41, 5.74) is 1.26. The molecule has 0 radical (unpaired) electrons. The normalized spacial score (nSPS) is 18.6. The summed E-state index contributed by atoms with van der Waals surface area (Å²) in [5.74, 6) is 1.11. The molecule has 1 fully saturated rings. The van der Waals surface area contributed by atoms with Crippen LogP contribution in [0.5, 0.6) is 0 Å². The van der Waals surface area contributed by atoms with Crippen molar-refractivity contribution in [3.8, 4) is 0 Å². The Balaban J connectivity index is 2.35. The van der Waals surface area contributed by atoms with Crippen molar-refractivity contribution >= 4 is 11.6 Å². The highest BCUT2D eigenvalue weighted by Gasteiger charge is 2.30. The van der Waals surface area contributed by atoms with E-state index in [1.165, 1.54) is 0 Å². The average molecular weight is 282 g/mol. The van der Waals surface area contributed by atoms with Crippen molar-refractivity contribution in [3.05, 3.63) is 0 Å². The molecule has 1 amide bonds. The van der Waals surface area contributed by atoms with Crippen molar-refractivity contribution in [1.29, 1.82) is 0 Å². The summed E-state index contributed by atoms with van der Waals surface area (Å²) in [6, 6.07) is 0. The van der Waals surface area contributed by atoms with E-state index < -0.39 is 0 Å². The van der Waals surface area contributed by atoms with Gasteiger partial charge in [0.2, 0.25) is 0 Å². The molecular weight excluding hydrogens is 252 g/mol. The molecule has 0 saturated carbocycles. The molecular formula is C16H30N2O2. The van der Waals surface area contributed by atoms with Gasteiger partial charge in [-0.15, -0.1) is 0 Å². The van der Waals surface area contributed by atoms with E-state index in [1.807, 2.05) is 11.8 Å². The van der Waals surface area contributed by atoms with Crippen LogP contribution in [-0.2, 0) is 9.63 Å². The lowest BCUT2D eigenvalue weighted by atomic mass is 9.75. The number of rotatable bonds is 4. The molecule has 1 heterocycles. The minimum absolute atomic E-state index is 0.0534. The van der Waals surface area contributed by atoms with Gasteiger partial charge < -0.3 is 9.74 Å². The molecule has 0 aromatic heterocycles. The van der Waals surface area contributed by atoms with Crippen LogP contribution >= 0.6 is 0 Å². The lowest BCUT2D eigenvalue weighted by molar-refractivity contribution is -0.138. The number of nitrogens with zero attached hydrogens (tertiary/aromatic N) is 2. The zero-order chi connectivity index (χ0) is 15.3. The molecule has 0 aliphatic carbocycles. The largest absolute Gasteiger partial charge is 0.386 e. The van der Waals surface area contributed by atoms with Crippen molar-refractivity contribution < 1.29 is 9.63 Å². The third-order valence-electron chi connectivity index (χ3n) is 4.30. The summed E-state index contributed by atoms with van der Waals surface area (Å²) in [4.78, 5) is 19.1. The predicted octanol–water partition coefficient (Wildman–Crippen LogP) is 3.32. The molecule has 0 bridgehead atoms. The molecule has 1 aliphatic rings. The van der Waals surface area contributed by atoms with E-state index in [2.05, 4.69) is 39.8 Å². The summed E-state index contributed by atoms with van der Waals surface area (Å²) < 4.78 is 0. The van der Waals surface area contributed by atoms with E-state index in [9.17, 15) is 4.79 Å². The maximum atomic E-state index is 12.0. The molecule has 4 nitrogen and oxygen atoms in total. The molecule has 0 aromatic carbocycles. The fraction of sp³-hybridized carbons (Fsp3) is 0.875. The maximum absolute atomic E-state index is 12.0. The van der Waals surface area contributed by atoms with Crippen LogP contribution in [0, 0.1) is 17.3 Å². The van der Waals surface area contributed by atoms with Gasteiger partial charge in [-0.05, 0) is 37.0 Å². The Morgan fingerprint density at radius 3 is 2.30 bits per heavy atom. The van der Waals surface area contributed by atoms with E-state index in [0.29, 0.717) is 17.3 Å². The smallest absolute Gasteiger partial charge is 0.263 e. The van der Waals surface area contributed by atoms with Crippen LogP contribution in [0.25, 0.3) is 0 Å². The fourth-order valence-electron chi connectivity index (χ4n) is 2.38. The predicted molar refractivity (Wildman–Crippen MR) is 82.7 cm³/mol. The number of carbonyl (C=O) groups is 1. The van der Waals surface area contributed by atoms with Crippen LogP contribution in [0.1, 0.15) is 54.4 Å². The second kappa shape index (κ2) is 7.09. The fourth-order valence-corrected chi connectivity index (χ4v) is 2.38. The first-order chi connectivity index (χ1) is 9.21. The standard InChI is InChI=1S/C16H30N2O2/c1-12(2)13(3)17-20-11-15(19)18-9-7-14(8-10-18)16(4,5)6/h12,14H,7-11H2,1-6H3/b17-13+. The molecule has 0 aromatic rings. The molecule has 20 heavy (non-hydrogen) atoms. The second-order valence-electron chi connectivity index (χ2n) is 7.18. The van der Waals surface area contributed by atoms with Gasteiger partial charge in [0, 0.05) is 13.1 Å². The van der Waals surface area contributed by atoms with E-state index >= 15 is 0 Å². The van der Waals surface area contributed by atoms with Gasteiger partial charge in [0.05, 0.1) is 5.71 Å². The van der Waals surface area contributed by atoms with Crippen LogP contribution in [0.2, 0.25) is 0 Å². The molecule has 1 aliphatic heterocycles. The molecule has 4 heteroatoms. The first kappa shape index (κ1) is 17.0. The van der Waals surface area contributed by atoms with Gasteiger partial charge in [-0.25, -0.2) is 0 Å². The highest BCUT2D eigenvalue weighted by Crippen LogP contribution is 2.34. The van der Waals surface area contributed by atoms with Gasteiger partial charge in [0.1, 0.15) is 0 Å². The van der Waals surface area contributed by atoms with Gasteiger partial charge in [0.15, 0.2) is 6.61 Å². The number of hydrogen-bond acceptors (Lipinski definition) is 3. The molecule has 1 rings (SSSR count). The summed E-state index contributed by atoms with van der Waals surface area (Å²) in [6.07, 6.45) is 2.17. The summed E-state index contributed by atoms with van der Waals surface area (Å²) in [5, 5.41) is 3.98. The number of oxime groups is 1. The molecule has 0 atom stereocenters. The van der Waals surface area contributed by atoms with Crippen LogP contribution in [0.15, 0.2) is 5.16 Å². The van der Waals surface area contributed by atoms with Crippen LogP contribution in [-0.4, -0.2) is 36.2 Å². The van der Waals surface area contributed by atoms with E-state index in [0.717, 1.165) is 31.6 Å². The second-order valence-corrected chi connectivity index (χ2v) is 7.18. The van der Waals surface area contributed by atoms with Gasteiger partial charge >= 0.3 is 0 Å². The molecule has 116 valence electrons. The molecule has 0 unspecified atom stereocenters. The number of hydrogen-bond donors (Lipinski definition) is 0. The number of carbonyl (C=O) groups excluding carboxylic acids is 1.